The minimum atomic E-state index is -3.52. The van der Waals surface area contributed by atoms with E-state index in [2.05, 4.69) is 64.2 Å². The molecule has 0 aromatic heterocycles. The van der Waals surface area contributed by atoms with Gasteiger partial charge in [0.05, 0.1) is 13.0 Å². The molecular formula is C23H33NO2SSi. The molecule has 3 rings (SSSR count). The van der Waals surface area contributed by atoms with Crippen LogP contribution in [0.1, 0.15) is 32.8 Å². The standard InChI is InChI=1S/C23H33NO2SSi/c1-17(2)22-16-23(28(5,6)21-10-8-7-9-11-21)19(4)24(22)27(25,26)20-14-12-18(3)13-15-20/h7-15,17,19,22-23H,16H2,1-6H3/t19-,22-,23+/m1/s1. The van der Waals surface area contributed by atoms with Gasteiger partial charge in [-0.25, -0.2) is 8.42 Å². The second-order valence-corrected chi connectivity index (χ2v) is 15.7. The average Bonchev–Trinajstić information content (AvgIpc) is 3.02. The van der Waals surface area contributed by atoms with Gasteiger partial charge in [-0.05, 0) is 43.9 Å². The molecule has 1 aliphatic heterocycles. The largest absolute Gasteiger partial charge is 0.243 e. The normalized spacial score (nSPS) is 24.0. The lowest BCUT2D eigenvalue weighted by atomic mass is 10.0. The average molecular weight is 416 g/mol. The summed E-state index contributed by atoms with van der Waals surface area (Å²) in [5, 5.41) is 1.41. The zero-order valence-electron chi connectivity index (χ0n) is 17.9. The van der Waals surface area contributed by atoms with Crippen LogP contribution in [0.15, 0.2) is 59.5 Å². The summed E-state index contributed by atoms with van der Waals surface area (Å²) in [6.45, 7) is 13.2. The Hall–Kier alpha value is -1.43. The van der Waals surface area contributed by atoms with E-state index in [1.807, 2.05) is 23.4 Å². The first-order chi connectivity index (χ1) is 13.1. The highest BCUT2D eigenvalue weighted by atomic mass is 32.2. The van der Waals surface area contributed by atoms with Crippen molar-refractivity contribution >= 4 is 23.3 Å². The Morgan fingerprint density at radius 2 is 1.57 bits per heavy atom. The molecule has 152 valence electrons. The molecule has 0 spiro atoms. The molecule has 1 fully saturated rings. The van der Waals surface area contributed by atoms with Gasteiger partial charge in [-0.15, -0.1) is 0 Å². The van der Waals surface area contributed by atoms with Gasteiger partial charge in [0.15, 0.2) is 0 Å². The Kier molecular flexibility index (Phi) is 5.90. The molecule has 0 aliphatic carbocycles. The lowest BCUT2D eigenvalue weighted by Crippen LogP contribution is -2.50. The molecule has 1 heterocycles. The van der Waals surface area contributed by atoms with Crippen molar-refractivity contribution in [1.82, 2.24) is 4.31 Å². The van der Waals surface area contributed by atoms with Gasteiger partial charge < -0.3 is 0 Å². The van der Waals surface area contributed by atoms with Crippen LogP contribution in [-0.2, 0) is 10.0 Å². The van der Waals surface area contributed by atoms with E-state index in [-0.39, 0.29) is 18.0 Å². The summed E-state index contributed by atoms with van der Waals surface area (Å²) in [5.41, 5.74) is 1.46. The Morgan fingerprint density at radius 3 is 2.11 bits per heavy atom. The first-order valence-corrected chi connectivity index (χ1v) is 14.7. The Labute approximate surface area is 171 Å². The predicted molar refractivity (Wildman–Crippen MR) is 120 cm³/mol. The number of hydrogen-bond donors (Lipinski definition) is 0. The minimum Gasteiger partial charge on any atom is -0.207 e. The van der Waals surface area contributed by atoms with Gasteiger partial charge in [-0.2, -0.15) is 4.31 Å². The van der Waals surface area contributed by atoms with Crippen LogP contribution in [0.2, 0.25) is 18.6 Å². The van der Waals surface area contributed by atoms with Crippen LogP contribution in [0.25, 0.3) is 0 Å². The summed E-state index contributed by atoms with van der Waals surface area (Å²) < 4.78 is 29.1. The number of nitrogens with zero attached hydrogens (tertiary/aromatic N) is 1. The summed E-state index contributed by atoms with van der Waals surface area (Å²) >= 11 is 0. The minimum absolute atomic E-state index is 0.000533. The Balaban J connectivity index is 2.02. The fourth-order valence-electron chi connectivity index (χ4n) is 4.81. The summed E-state index contributed by atoms with van der Waals surface area (Å²) in [4.78, 5) is 0.412. The summed E-state index contributed by atoms with van der Waals surface area (Å²) in [6, 6.07) is 18.0. The van der Waals surface area contributed by atoms with Crippen molar-refractivity contribution < 1.29 is 8.42 Å². The van der Waals surface area contributed by atoms with Crippen LogP contribution in [0.4, 0.5) is 0 Å². The second-order valence-electron chi connectivity index (χ2n) is 9.13. The maximum atomic E-state index is 13.6. The molecule has 0 N–H and O–H groups in total. The smallest absolute Gasteiger partial charge is 0.207 e. The lowest BCUT2D eigenvalue weighted by Gasteiger charge is -2.35. The van der Waals surface area contributed by atoms with Gasteiger partial charge in [0.1, 0.15) is 0 Å². The molecule has 0 radical (unpaired) electrons. The Bertz CT molecular complexity index is 907. The number of hydrogen-bond acceptors (Lipinski definition) is 2. The quantitative estimate of drug-likeness (QED) is 0.659. The fraction of sp³-hybridized carbons (Fsp3) is 0.478. The SMILES string of the molecule is Cc1ccc(S(=O)(=O)N2[C@@H](C(C)C)C[C@H]([Si](C)(C)c3ccccc3)[C@H]2C)cc1. The maximum absolute atomic E-state index is 13.6. The molecule has 28 heavy (non-hydrogen) atoms. The van der Waals surface area contributed by atoms with Gasteiger partial charge in [0.25, 0.3) is 0 Å². The number of rotatable bonds is 5. The molecule has 3 nitrogen and oxygen atoms in total. The van der Waals surface area contributed by atoms with Crippen molar-refractivity contribution in [2.45, 2.75) is 69.7 Å². The van der Waals surface area contributed by atoms with Crippen LogP contribution < -0.4 is 5.19 Å². The van der Waals surface area contributed by atoms with Crippen molar-refractivity contribution in [3.63, 3.8) is 0 Å². The van der Waals surface area contributed by atoms with E-state index < -0.39 is 18.1 Å². The number of sulfonamides is 1. The molecule has 0 amide bonds. The summed E-state index contributed by atoms with van der Waals surface area (Å²) in [5.74, 6) is 0.285. The van der Waals surface area contributed by atoms with Crippen molar-refractivity contribution in [2.75, 3.05) is 0 Å². The highest BCUT2D eigenvalue weighted by molar-refractivity contribution is 7.89. The number of benzene rings is 2. The van der Waals surface area contributed by atoms with Crippen LogP contribution in [-0.4, -0.2) is 32.9 Å². The monoisotopic (exact) mass is 415 g/mol. The Morgan fingerprint density at radius 1 is 1.00 bits per heavy atom. The van der Waals surface area contributed by atoms with Gasteiger partial charge >= 0.3 is 0 Å². The fourth-order valence-corrected chi connectivity index (χ4v) is 10.6. The highest BCUT2D eigenvalue weighted by Crippen LogP contribution is 2.45. The molecule has 3 atom stereocenters. The van der Waals surface area contributed by atoms with Gasteiger partial charge in [-0.3, -0.25) is 0 Å². The molecule has 1 saturated heterocycles. The molecule has 2 aromatic rings. The van der Waals surface area contributed by atoms with Crippen molar-refractivity contribution in [1.29, 1.82) is 0 Å². The summed E-state index contributed by atoms with van der Waals surface area (Å²) in [6.07, 6.45) is 0.943. The number of aryl methyl sites for hydroxylation is 1. The third-order valence-electron chi connectivity index (χ3n) is 6.62. The molecule has 0 unspecified atom stereocenters. The summed E-state index contributed by atoms with van der Waals surface area (Å²) in [7, 11) is -5.35. The van der Waals surface area contributed by atoms with Gasteiger partial charge in [-0.1, -0.05) is 80.2 Å². The van der Waals surface area contributed by atoms with E-state index in [9.17, 15) is 8.42 Å². The van der Waals surface area contributed by atoms with E-state index in [0.717, 1.165) is 12.0 Å². The molecule has 1 aliphatic rings. The van der Waals surface area contributed by atoms with E-state index in [1.165, 1.54) is 5.19 Å². The van der Waals surface area contributed by atoms with Crippen molar-refractivity contribution in [3.05, 3.63) is 60.2 Å². The molecule has 0 bridgehead atoms. The van der Waals surface area contributed by atoms with Crippen LogP contribution >= 0.6 is 0 Å². The van der Waals surface area contributed by atoms with Crippen LogP contribution in [0, 0.1) is 12.8 Å². The van der Waals surface area contributed by atoms with Crippen molar-refractivity contribution in [3.8, 4) is 0 Å². The first-order valence-electron chi connectivity index (χ1n) is 10.2. The third-order valence-corrected chi connectivity index (χ3v) is 13.0. The van der Waals surface area contributed by atoms with Gasteiger partial charge in [0.2, 0.25) is 10.0 Å². The molecule has 5 heteroatoms. The van der Waals surface area contributed by atoms with E-state index >= 15 is 0 Å². The molecule has 0 saturated carbocycles. The van der Waals surface area contributed by atoms with Crippen LogP contribution in [0.5, 0.6) is 0 Å². The van der Waals surface area contributed by atoms with Crippen LogP contribution in [0.3, 0.4) is 0 Å². The molecule has 2 aromatic carbocycles. The first kappa shape index (κ1) is 21.3. The van der Waals surface area contributed by atoms with E-state index in [0.29, 0.717) is 10.4 Å². The molecular weight excluding hydrogens is 382 g/mol. The van der Waals surface area contributed by atoms with E-state index in [1.54, 1.807) is 12.1 Å². The van der Waals surface area contributed by atoms with Gasteiger partial charge in [0, 0.05) is 12.1 Å². The second kappa shape index (κ2) is 7.77. The third kappa shape index (κ3) is 3.72. The maximum Gasteiger partial charge on any atom is 0.243 e. The van der Waals surface area contributed by atoms with E-state index in [4.69, 9.17) is 0 Å². The zero-order valence-corrected chi connectivity index (χ0v) is 19.7. The highest BCUT2D eigenvalue weighted by Gasteiger charge is 2.52. The lowest BCUT2D eigenvalue weighted by molar-refractivity contribution is 0.279. The predicted octanol–water partition coefficient (Wildman–Crippen LogP) is 4.79. The topological polar surface area (TPSA) is 37.4 Å². The zero-order chi connectivity index (χ0) is 20.7. The van der Waals surface area contributed by atoms with Crippen molar-refractivity contribution in [2.24, 2.45) is 5.92 Å².